The third-order valence-electron chi connectivity index (χ3n) is 4.42. The SMILES string of the molecule is Cn1c(SCCCC(=O)c2cccs2)nnc1-c1ccc(C(C)(C)C)cc1. The Morgan fingerprint density at radius 3 is 2.52 bits per heavy atom. The summed E-state index contributed by atoms with van der Waals surface area (Å²) in [6.45, 7) is 6.63. The molecule has 0 saturated carbocycles. The fraction of sp³-hybridized carbons (Fsp3) is 0.381. The van der Waals surface area contributed by atoms with E-state index in [1.54, 1.807) is 11.8 Å². The molecule has 0 amide bonds. The van der Waals surface area contributed by atoms with E-state index in [1.807, 2.05) is 29.1 Å². The Kier molecular flexibility index (Phi) is 6.17. The molecule has 0 bridgehead atoms. The van der Waals surface area contributed by atoms with Gasteiger partial charge in [-0.2, -0.15) is 0 Å². The van der Waals surface area contributed by atoms with Gasteiger partial charge in [-0.15, -0.1) is 21.5 Å². The Bertz CT molecular complexity index is 891. The fourth-order valence-electron chi connectivity index (χ4n) is 2.77. The number of nitrogens with zero attached hydrogens (tertiary/aromatic N) is 3. The third kappa shape index (κ3) is 4.87. The van der Waals surface area contributed by atoms with Gasteiger partial charge in [0.1, 0.15) is 0 Å². The van der Waals surface area contributed by atoms with Crippen LogP contribution in [0.4, 0.5) is 0 Å². The number of thioether (sulfide) groups is 1. The van der Waals surface area contributed by atoms with Crippen molar-refractivity contribution in [2.45, 2.75) is 44.2 Å². The molecule has 3 aromatic rings. The molecule has 0 fully saturated rings. The molecule has 4 nitrogen and oxygen atoms in total. The molecular formula is C21H25N3OS2. The van der Waals surface area contributed by atoms with Crippen LogP contribution >= 0.6 is 23.1 Å². The van der Waals surface area contributed by atoms with Crippen molar-refractivity contribution in [3.63, 3.8) is 0 Å². The van der Waals surface area contributed by atoms with Crippen LogP contribution in [0.2, 0.25) is 0 Å². The molecule has 0 unspecified atom stereocenters. The topological polar surface area (TPSA) is 47.8 Å². The van der Waals surface area contributed by atoms with Gasteiger partial charge in [-0.1, -0.05) is 62.9 Å². The van der Waals surface area contributed by atoms with Gasteiger partial charge in [-0.25, -0.2) is 0 Å². The van der Waals surface area contributed by atoms with Crippen LogP contribution in [0.1, 0.15) is 48.8 Å². The summed E-state index contributed by atoms with van der Waals surface area (Å²) in [7, 11) is 1.99. The van der Waals surface area contributed by atoms with Crippen molar-refractivity contribution >= 4 is 28.9 Å². The normalized spacial score (nSPS) is 11.7. The number of hydrogen-bond donors (Lipinski definition) is 0. The molecule has 6 heteroatoms. The maximum atomic E-state index is 12.0. The minimum absolute atomic E-state index is 0.139. The zero-order valence-corrected chi connectivity index (χ0v) is 17.9. The molecule has 0 N–H and O–H groups in total. The zero-order valence-electron chi connectivity index (χ0n) is 16.2. The number of rotatable bonds is 7. The van der Waals surface area contributed by atoms with Crippen LogP contribution < -0.4 is 0 Å². The Balaban J connectivity index is 1.58. The highest BCUT2D eigenvalue weighted by molar-refractivity contribution is 7.99. The molecule has 2 aromatic heterocycles. The maximum Gasteiger partial charge on any atom is 0.191 e. The van der Waals surface area contributed by atoms with Crippen molar-refractivity contribution in [2.75, 3.05) is 5.75 Å². The molecule has 0 spiro atoms. The van der Waals surface area contributed by atoms with Gasteiger partial charge in [0.2, 0.25) is 0 Å². The van der Waals surface area contributed by atoms with E-state index in [-0.39, 0.29) is 11.2 Å². The van der Waals surface area contributed by atoms with Crippen molar-refractivity contribution < 1.29 is 4.79 Å². The third-order valence-corrected chi connectivity index (χ3v) is 6.44. The van der Waals surface area contributed by atoms with Crippen LogP contribution in [0.15, 0.2) is 46.9 Å². The smallest absolute Gasteiger partial charge is 0.191 e. The van der Waals surface area contributed by atoms with Crippen LogP contribution in [0, 0.1) is 0 Å². The lowest BCUT2D eigenvalue weighted by atomic mass is 9.87. The summed E-state index contributed by atoms with van der Waals surface area (Å²) in [5, 5.41) is 11.5. The Morgan fingerprint density at radius 2 is 1.89 bits per heavy atom. The number of benzene rings is 1. The number of carbonyl (C=O) groups is 1. The van der Waals surface area contributed by atoms with Crippen molar-refractivity contribution in [3.05, 3.63) is 52.2 Å². The van der Waals surface area contributed by atoms with Gasteiger partial charge in [0.15, 0.2) is 16.8 Å². The lowest BCUT2D eigenvalue weighted by molar-refractivity contribution is 0.0986. The molecule has 27 heavy (non-hydrogen) atoms. The van der Waals surface area contributed by atoms with Crippen LogP contribution in [0.5, 0.6) is 0 Å². The first kappa shape index (κ1) is 19.8. The van der Waals surface area contributed by atoms with Crippen molar-refractivity contribution in [3.8, 4) is 11.4 Å². The lowest BCUT2D eigenvalue weighted by Crippen LogP contribution is -2.10. The Hall–Kier alpha value is -1.92. The molecule has 0 saturated heterocycles. The van der Waals surface area contributed by atoms with E-state index >= 15 is 0 Å². The van der Waals surface area contributed by atoms with Crippen molar-refractivity contribution in [2.24, 2.45) is 7.05 Å². The van der Waals surface area contributed by atoms with Gasteiger partial charge >= 0.3 is 0 Å². The lowest BCUT2D eigenvalue weighted by Gasteiger charge is -2.19. The van der Waals surface area contributed by atoms with Crippen LogP contribution in [-0.4, -0.2) is 26.3 Å². The monoisotopic (exact) mass is 399 g/mol. The number of aromatic nitrogens is 3. The van der Waals surface area contributed by atoms with Crippen LogP contribution in [0.3, 0.4) is 0 Å². The minimum Gasteiger partial charge on any atom is -0.305 e. The largest absolute Gasteiger partial charge is 0.305 e. The van der Waals surface area contributed by atoms with E-state index in [4.69, 9.17) is 0 Å². The van der Waals surface area contributed by atoms with Crippen molar-refractivity contribution in [1.29, 1.82) is 0 Å². The summed E-state index contributed by atoms with van der Waals surface area (Å²) in [5.41, 5.74) is 2.51. The molecule has 1 aromatic carbocycles. The highest BCUT2D eigenvalue weighted by Gasteiger charge is 2.15. The van der Waals surface area contributed by atoms with Gasteiger partial charge in [-0.05, 0) is 28.8 Å². The minimum atomic E-state index is 0.139. The predicted molar refractivity (Wildman–Crippen MR) is 114 cm³/mol. The van der Waals surface area contributed by atoms with E-state index < -0.39 is 0 Å². The first-order valence-corrected chi connectivity index (χ1v) is 10.9. The molecular weight excluding hydrogens is 374 g/mol. The highest BCUT2D eigenvalue weighted by Crippen LogP contribution is 2.27. The number of thiophene rings is 1. The summed E-state index contributed by atoms with van der Waals surface area (Å²) in [4.78, 5) is 12.9. The predicted octanol–water partition coefficient (Wildman–Crippen LogP) is 5.60. The molecule has 0 aliphatic heterocycles. The zero-order chi connectivity index (χ0) is 19.4. The molecule has 3 rings (SSSR count). The Morgan fingerprint density at radius 1 is 1.15 bits per heavy atom. The van der Waals surface area contributed by atoms with Crippen LogP contribution in [0.25, 0.3) is 11.4 Å². The van der Waals surface area contributed by atoms with Gasteiger partial charge < -0.3 is 4.57 Å². The van der Waals surface area contributed by atoms with Gasteiger partial charge in [0.25, 0.3) is 0 Å². The molecule has 0 atom stereocenters. The fourth-order valence-corrected chi connectivity index (χ4v) is 4.31. The number of carbonyl (C=O) groups excluding carboxylic acids is 1. The molecule has 0 aliphatic rings. The van der Waals surface area contributed by atoms with E-state index in [0.29, 0.717) is 6.42 Å². The van der Waals surface area contributed by atoms with Gasteiger partial charge in [0.05, 0.1) is 4.88 Å². The van der Waals surface area contributed by atoms with Crippen molar-refractivity contribution in [1.82, 2.24) is 14.8 Å². The average molecular weight is 400 g/mol. The first-order chi connectivity index (χ1) is 12.9. The molecule has 0 aliphatic carbocycles. The van der Waals surface area contributed by atoms with E-state index in [2.05, 4.69) is 55.2 Å². The van der Waals surface area contributed by atoms with Crippen LogP contribution in [-0.2, 0) is 12.5 Å². The van der Waals surface area contributed by atoms with E-state index in [0.717, 1.165) is 33.6 Å². The Labute approximate surface area is 169 Å². The maximum absolute atomic E-state index is 12.0. The second kappa shape index (κ2) is 8.40. The van der Waals surface area contributed by atoms with Gasteiger partial charge in [-0.3, -0.25) is 4.79 Å². The number of Topliss-reactive ketones (excluding diaryl/α,β-unsaturated/α-hetero) is 1. The first-order valence-electron chi connectivity index (χ1n) is 9.06. The number of ketones is 1. The van der Waals surface area contributed by atoms with E-state index in [9.17, 15) is 4.79 Å². The van der Waals surface area contributed by atoms with Gasteiger partial charge in [0, 0.05) is 24.8 Å². The molecule has 142 valence electrons. The standard InChI is InChI=1S/C21H25N3OS2/c1-21(2,3)16-11-9-15(10-12-16)19-22-23-20(24(19)4)27-14-5-7-17(25)18-8-6-13-26-18/h6,8-13H,5,7,14H2,1-4H3. The summed E-state index contributed by atoms with van der Waals surface area (Å²) in [6.07, 6.45) is 1.41. The second-order valence-corrected chi connectivity index (χ2v) is 9.55. The highest BCUT2D eigenvalue weighted by atomic mass is 32.2. The molecule has 0 radical (unpaired) electrons. The quantitative estimate of drug-likeness (QED) is 0.295. The number of hydrogen-bond acceptors (Lipinski definition) is 5. The van der Waals surface area contributed by atoms with E-state index in [1.165, 1.54) is 16.9 Å². The summed E-state index contributed by atoms with van der Waals surface area (Å²) < 4.78 is 2.03. The summed E-state index contributed by atoms with van der Waals surface area (Å²) in [5.74, 6) is 1.95. The average Bonchev–Trinajstić information content (AvgIpc) is 3.28. The summed E-state index contributed by atoms with van der Waals surface area (Å²) >= 11 is 3.16. The molecule has 2 heterocycles. The second-order valence-electron chi connectivity index (χ2n) is 7.55. The summed E-state index contributed by atoms with van der Waals surface area (Å²) in [6, 6.07) is 12.3.